The summed E-state index contributed by atoms with van der Waals surface area (Å²) in [7, 11) is 0. The Balaban J connectivity index is 3.25. The van der Waals surface area contributed by atoms with E-state index in [9.17, 15) is 4.39 Å². The molecule has 1 aromatic rings. The molecule has 1 aromatic carbocycles. The van der Waals surface area contributed by atoms with E-state index in [1.165, 1.54) is 0 Å². The van der Waals surface area contributed by atoms with Gasteiger partial charge in [0.2, 0.25) is 0 Å². The van der Waals surface area contributed by atoms with Crippen LogP contribution < -0.4 is 0 Å². The van der Waals surface area contributed by atoms with Crippen LogP contribution in [0, 0.1) is 12.7 Å². The van der Waals surface area contributed by atoms with E-state index in [2.05, 4.69) is 15.9 Å². The summed E-state index contributed by atoms with van der Waals surface area (Å²) in [5.74, 6) is 0.112. The van der Waals surface area contributed by atoms with Crippen LogP contribution in [0.5, 0.6) is 0 Å². The first-order valence-corrected chi connectivity index (χ1v) is 4.49. The standard InChI is InChI=1S/C8H7BrClF/c1-5-2-3-6(4-10)7(9)8(5)11/h2-3H,4H2,1H3. The van der Waals surface area contributed by atoms with E-state index in [0.29, 0.717) is 15.9 Å². The van der Waals surface area contributed by atoms with Crippen molar-refractivity contribution >= 4 is 27.5 Å². The number of benzene rings is 1. The predicted octanol–water partition coefficient (Wildman–Crippen LogP) is 3.64. The van der Waals surface area contributed by atoms with Gasteiger partial charge in [0.25, 0.3) is 0 Å². The highest BCUT2D eigenvalue weighted by molar-refractivity contribution is 9.10. The molecule has 0 bridgehead atoms. The van der Waals surface area contributed by atoms with Crippen molar-refractivity contribution in [2.75, 3.05) is 0 Å². The minimum Gasteiger partial charge on any atom is -0.205 e. The van der Waals surface area contributed by atoms with Crippen molar-refractivity contribution in [3.8, 4) is 0 Å². The van der Waals surface area contributed by atoms with Crippen molar-refractivity contribution in [2.45, 2.75) is 12.8 Å². The molecule has 1 rings (SSSR count). The van der Waals surface area contributed by atoms with Crippen LogP contribution in [0.15, 0.2) is 16.6 Å². The van der Waals surface area contributed by atoms with Crippen molar-refractivity contribution < 1.29 is 4.39 Å². The fraction of sp³-hybridized carbons (Fsp3) is 0.250. The van der Waals surface area contributed by atoms with Gasteiger partial charge < -0.3 is 0 Å². The molecule has 0 amide bonds. The lowest BCUT2D eigenvalue weighted by molar-refractivity contribution is 0.610. The topological polar surface area (TPSA) is 0 Å². The molecule has 0 fully saturated rings. The number of halogens is 3. The first-order chi connectivity index (χ1) is 5.16. The van der Waals surface area contributed by atoms with Crippen LogP contribution >= 0.6 is 27.5 Å². The third-order valence-electron chi connectivity index (χ3n) is 1.50. The molecule has 0 aliphatic rings. The largest absolute Gasteiger partial charge is 0.205 e. The van der Waals surface area contributed by atoms with Crippen LogP contribution in [0.4, 0.5) is 4.39 Å². The number of alkyl halides is 1. The van der Waals surface area contributed by atoms with Gasteiger partial charge in [0, 0.05) is 5.88 Å². The van der Waals surface area contributed by atoms with Gasteiger partial charge in [0.05, 0.1) is 4.47 Å². The highest BCUT2D eigenvalue weighted by atomic mass is 79.9. The number of aryl methyl sites for hydroxylation is 1. The molecule has 11 heavy (non-hydrogen) atoms. The molecule has 0 saturated heterocycles. The summed E-state index contributed by atoms with van der Waals surface area (Å²) in [5, 5.41) is 0. The molecule has 0 radical (unpaired) electrons. The summed E-state index contributed by atoms with van der Waals surface area (Å²) in [6, 6.07) is 3.54. The third-order valence-corrected chi connectivity index (χ3v) is 2.64. The van der Waals surface area contributed by atoms with E-state index >= 15 is 0 Å². The first kappa shape index (κ1) is 9.01. The third kappa shape index (κ3) is 1.74. The summed E-state index contributed by atoms with van der Waals surface area (Å²) < 4.78 is 13.6. The number of hydrogen-bond acceptors (Lipinski definition) is 0. The monoisotopic (exact) mass is 236 g/mol. The smallest absolute Gasteiger partial charge is 0.140 e. The molecule has 0 nitrogen and oxygen atoms in total. The lowest BCUT2D eigenvalue weighted by Gasteiger charge is -2.03. The van der Waals surface area contributed by atoms with Gasteiger partial charge in [-0.1, -0.05) is 12.1 Å². The fourth-order valence-corrected chi connectivity index (χ4v) is 1.76. The van der Waals surface area contributed by atoms with Crippen LogP contribution in [0.1, 0.15) is 11.1 Å². The lowest BCUT2D eigenvalue weighted by Crippen LogP contribution is -1.88. The maximum Gasteiger partial charge on any atom is 0.140 e. The molecule has 0 saturated carbocycles. The molecular weight excluding hydrogens is 230 g/mol. The zero-order valence-corrected chi connectivity index (χ0v) is 8.34. The summed E-state index contributed by atoms with van der Waals surface area (Å²) >= 11 is 8.69. The second-order valence-electron chi connectivity index (χ2n) is 2.30. The summed E-state index contributed by atoms with van der Waals surface area (Å²) in [5.41, 5.74) is 1.42. The SMILES string of the molecule is Cc1ccc(CCl)c(Br)c1F. The highest BCUT2D eigenvalue weighted by Crippen LogP contribution is 2.24. The Morgan fingerprint density at radius 2 is 2.18 bits per heavy atom. The van der Waals surface area contributed by atoms with Gasteiger partial charge in [-0.25, -0.2) is 4.39 Å². The second kappa shape index (κ2) is 3.55. The van der Waals surface area contributed by atoms with Gasteiger partial charge in [0.1, 0.15) is 5.82 Å². The van der Waals surface area contributed by atoms with Crippen molar-refractivity contribution in [3.63, 3.8) is 0 Å². The van der Waals surface area contributed by atoms with E-state index in [1.54, 1.807) is 13.0 Å². The van der Waals surface area contributed by atoms with Gasteiger partial charge in [-0.05, 0) is 34.0 Å². The molecular formula is C8H7BrClF. The zero-order valence-electron chi connectivity index (χ0n) is 6.00. The second-order valence-corrected chi connectivity index (χ2v) is 3.36. The molecule has 0 heterocycles. The maximum atomic E-state index is 13.1. The zero-order chi connectivity index (χ0) is 8.43. The average molecular weight is 237 g/mol. The Kier molecular flexibility index (Phi) is 2.90. The average Bonchev–Trinajstić information content (AvgIpc) is 2.01. The Labute approximate surface area is 78.5 Å². The van der Waals surface area contributed by atoms with Crippen LogP contribution in [0.3, 0.4) is 0 Å². The van der Waals surface area contributed by atoms with Crippen LogP contribution in [-0.2, 0) is 5.88 Å². The van der Waals surface area contributed by atoms with E-state index in [0.717, 1.165) is 5.56 Å². The fourth-order valence-electron chi connectivity index (χ4n) is 0.789. The minimum atomic E-state index is -0.219. The molecule has 0 unspecified atom stereocenters. The van der Waals surface area contributed by atoms with Gasteiger partial charge in [-0.2, -0.15) is 0 Å². The predicted molar refractivity (Wildman–Crippen MR) is 48.4 cm³/mol. The molecule has 0 aromatic heterocycles. The number of hydrogen-bond donors (Lipinski definition) is 0. The van der Waals surface area contributed by atoms with Crippen LogP contribution in [-0.4, -0.2) is 0 Å². The minimum absolute atomic E-state index is 0.219. The summed E-state index contributed by atoms with van der Waals surface area (Å²) in [6.45, 7) is 1.72. The Hall–Kier alpha value is -0.0800. The summed E-state index contributed by atoms with van der Waals surface area (Å²) in [6.07, 6.45) is 0. The van der Waals surface area contributed by atoms with E-state index in [4.69, 9.17) is 11.6 Å². The molecule has 3 heteroatoms. The Morgan fingerprint density at radius 3 is 2.73 bits per heavy atom. The van der Waals surface area contributed by atoms with E-state index < -0.39 is 0 Å². The lowest BCUT2D eigenvalue weighted by atomic mass is 10.2. The Bertz CT molecular complexity index is 273. The highest BCUT2D eigenvalue weighted by Gasteiger charge is 2.06. The quantitative estimate of drug-likeness (QED) is 0.654. The van der Waals surface area contributed by atoms with Crippen molar-refractivity contribution in [1.29, 1.82) is 0 Å². The van der Waals surface area contributed by atoms with E-state index in [-0.39, 0.29) is 5.82 Å². The van der Waals surface area contributed by atoms with Crippen LogP contribution in [0.2, 0.25) is 0 Å². The van der Waals surface area contributed by atoms with Crippen LogP contribution in [0.25, 0.3) is 0 Å². The molecule has 0 N–H and O–H groups in total. The first-order valence-electron chi connectivity index (χ1n) is 3.16. The molecule has 0 aliphatic carbocycles. The molecule has 0 aliphatic heterocycles. The summed E-state index contributed by atoms with van der Waals surface area (Å²) in [4.78, 5) is 0. The van der Waals surface area contributed by atoms with Gasteiger partial charge in [0.15, 0.2) is 0 Å². The molecule has 0 spiro atoms. The Morgan fingerprint density at radius 1 is 1.55 bits per heavy atom. The van der Waals surface area contributed by atoms with Gasteiger partial charge in [-0.15, -0.1) is 11.6 Å². The normalized spacial score (nSPS) is 10.2. The van der Waals surface area contributed by atoms with Gasteiger partial charge >= 0.3 is 0 Å². The maximum absolute atomic E-state index is 13.1. The van der Waals surface area contributed by atoms with E-state index in [1.807, 2.05) is 6.07 Å². The molecule has 0 atom stereocenters. The van der Waals surface area contributed by atoms with Gasteiger partial charge in [-0.3, -0.25) is 0 Å². The van der Waals surface area contributed by atoms with Crippen molar-refractivity contribution in [1.82, 2.24) is 0 Å². The van der Waals surface area contributed by atoms with Crippen molar-refractivity contribution in [2.24, 2.45) is 0 Å². The molecule has 60 valence electrons. The van der Waals surface area contributed by atoms with Crippen molar-refractivity contribution in [3.05, 3.63) is 33.5 Å². The number of rotatable bonds is 1.